The monoisotopic (exact) mass is 307 g/mol. The summed E-state index contributed by atoms with van der Waals surface area (Å²) >= 11 is 0. The van der Waals surface area contributed by atoms with E-state index in [9.17, 15) is 17.6 Å². The van der Waals surface area contributed by atoms with Crippen molar-refractivity contribution in [1.29, 1.82) is 0 Å². The Morgan fingerprint density at radius 2 is 2.10 bits per heavy atom. The van der Waals surface area contributed by atoms with Crippen LogP contribution in [0.25, 0.3) is 0 Å². The summed E-state index contributed by atoms with van der Waals surface area (Å²) < 4.78 is 61.8. The average Bonchev–Trinajstić information content (AvgIpc) is 2.38. The number of benzene rings is 1. The maximum absolute atomic E-state index is 13.3. The third-order valence-corrected chi connectivity index (χ3v) is 3.27. The van der Waals surface area contributed by atoms with Crippen molar-refractivity contribution in [3.8, 4) is 0 Å². The van der Waals surface area contributed by atoms with E-state index in [0.717, 1.165) is 12.1 Å². The maximum atomic E-state index is 13.3. The number of hydrogen-bond donors (Lipinski definition) is 0. The van der Waals surface area contributed by atoms with Gasteiger partial charge in [-0.3, -0.25) is 4.90 Å². The second kappa shape index (κ2) is 6.72. The van der Waals surface area contributed by atoms with Crippen molar-refractivity contribution in [2.45, 2.75) is 18.8 Å². The predicted octanol–water partition coefficient (Wildman–Crippen LogP) is 2.69. The molecule has 1 unspecified atom stereocenters. The van der Waals surface area contributed by atoms with Crippen molar-refractivity contribution < 1.29 is 27.0 Å². The minimum atomic E-state index is -4.54. The van der Waals surface area contributed by atoms with Crippen LogP contribution in [0.15, 0.2) is 18.2 Å². The molecule has 1 aliphatic heterocycles. The van der Waals surface area contributed by atoms with Crippen molar-refractivity contribution in [1.82, 2.24) is 4.90 Å². The van der Waals surface area contributed by atoms with Crippen molar-refractivity contribution in [2.75, 3.05) is 33.4 Å². The molecular formula is C14H17F4NO2. The van der Waals surface area contributed by atoms with Crippen LogP contribution in [0.1, 0.15) is 11.1 Å². The van der Waals surface area contributed by atoms with Crippen LogP contribution in [-0.2, 0) is 22.2 Å². The van der Waals surface area contributed by atoms with E-state index < -0.39 is 17.6 Å². The highest BCUT2D eigenvalue weighted by Gasteiger charge is 2.31. The molecule has 1 aromatic carbocycles. The number of rotatable bonds is 4. The Balaban J connectivity index is 2.07. The van der Waals surface area contributed by atoms with E-state index >= 15 is 0 Å². The lowest BCUT2D eigenvalue weighted by Gasteiger charge is -2.32. The minimum absolute atomic E-state index is 0.112. The zero-order valence-electron chi connectivity index (χ0n) is 11.6. The summed E-state index contributed by atoms with van der Waals surface area (Å²) in [5.41, 5.74) is -0.653. The number of hydrogen-bond acceptors (Lipinski definition) is 3. The van der Waals surface area contributed by atoms with Crippen LogP contribution >= 0.6 is 0 Å². The molecule has 21 heavy (non-hydrogen) atoms. The Morgan fingerprint density at radius 3 is 2.76 bits per heavy atom. The van der Waals surface area contributed by atoms with E-state index in [1.165, 1.54) is 0 Å². The molecule has 0 bridgehead atoms. The first kappa shape index (κ1) is 16.2. The largest absolute Gasteiger partial charge is 0.416 e. The highest BCUT2D eigenvalue weighted by atomic mass is 19.4. The highest BCUT2D eigenvalue weighted by molar-refractivity contribution is 5.26. The SMILES string of the molecule is COCC1CN(Cc2cc(F)cc(C(F)(F)F)c2)CCO1. The van der Waals surface area contributed by atoms with Gasteiger partial charge in [0.25, 0.3) is 0 Å². The fourth-order valence-corrected chi connectivity index (χ4v) is 2.37. The average molecular weight is 307 g/mol. The van der Waals surface area contributed by atoms with Crippen molar-refractivity contribution in [2.24, 2.45) is 0 Å². The molecule has 0 amide bonds. The number of halogens is 4. The van der Waals surface area contributed by atoms with Gasteiger partial charge >= 0.3 is 6.18 Å². The number of ether oxygens (including phenoxy) is 2. The number of morpholine rings is 1. The third-order valence-electron chi connectivity index (χ3n) is 3.27. The molecular weight excluding hydrogens is 290 g/mol. The Bertz CT molecular complexity index is 477. The van der Waals surface area contributed by atoms with Gasteiger partial charge in [-0.15, -0.1) is 0 Å². The molecule has 0 N–H and O–H groups in total. The van der Waals surface area contributed by atoms with E-state index in [1.807, 2.05) is 4.90 Å². The van der Waals surface area contributed by atoms with E-state index in [0.29, 0.717) is 37.9 Å². The lowest BCUT2D eigenvalue weighted by Crippen LogP contribution is -2.43. The summed E-state index contributed by atoms with van der Waals surface area (Å²) in [4.78, 5) is 1.93. The van der Waals surface area contributed by atoms with Crippen molar-refractivity contribution in [3.63, 3.8) is 0 Å². The summed E-state index contributed by atoms with van der Waals surface area (Å²) in [5.74, 6) is -0.874. The maximum Gasteiger partial charge on any atom is 0.416 e. The lowest BCUT2D eigenvalue weighted by atomic mass is 10.1. The Kier molecular flexibility index (Phi) is 5.18. The third kappa shape index (κ3) is 4.66. The lowest BCUT2D eigenvalue weighted by molar-refractivity contribution is -0.137. The van der Waals surface area contributed by atoms with Crippen LogP contribution in [0.2, 0.25) is 0 Å². The molecule has 1 atom stereocenters. The van der Waals surface area contributed by atoms with Crippen LogP contribution in [0, 0.1) is 5.82 Å². The summed E-state index contributed by atoms with van der Waals surface area (Å²) in [6.45, 7) is 2.30. The molecule has 1 aliphatic rings. The molecule has 1 aromatic rings. The zero-order chi connectivity index (χ0) is 15.5. The molecule has 0 saturated carbocycles. The van der Waals surface area contributed by atoms with Gasteiger partial charge in [0.2, 0.25) is 0 Å². The van der Waals surface area contributed by atoms with E-state index in [1.54, 1.807) is 7.11 Å². The van der Waals surface area contributed by atoms with Gasteiger partial charge < -0.3 is 9.47 Å². The number of alkyl halides is 3. The summed E-state index contributed by atoms with van der Waals surface area (Å²) in [6, 6.07) is 2.64. The first-order valence-corrected chi connectivity index (χ1v) is 6.58. The van der Waals surface area contributed by atoms with Crippen molar-refractivity contribution >= 4 is 0 Å². The summed E-state index contributed by atoms with van der Waals surface area (Å²) in [7, 11) is 1.56. The standard InChI is InChI=1S/C14H17F4NO2/c1-20-9-13-8-19(2-3-21-13)7-10-4-11(14(16,17)18)6-12(15)5-10/h4-6,13H,2-3,7-9H2,1H3. The normalized spacial score (nSPS) is 20.7. The fraction of sp³-hybridized carbons (Fsp3) is 0.571. The Hall–Kier alpha value is -1.18. The first-order chi connectivity index (χ1) is 9.88. The smallest absolute Gasteiger partial charge is 0.382 e. The molecule has 7 heteroatoms. The van der Waals surface area contributed by atoms with Gasteiger partial charge in [-0.05, 0) is 23.8 Å². The molecule has 0 aliphatic carbocycles. The van der Waals surface area contributed by atoms with Crippen LogP contribution < -0.4 is 0 Å². The second-order valence-corrected chi connectivity index (χ2v) is 5.03. The number of methoxy groups -OCH3 is 1. The first-order valence-electron chi connectivity index (χ1n) is 6.58. The van der Waals surface area contributed by atoms with Crippen LogP contribution in [-0.4, -0.2) is 44.4 Å². The van der Waals surface area contributed by atoms with E-state index in [2.05, 4.69) is 0 Å². The van der Waals surface area contributed by atoms with Crippen LogP contribution in [0.5, 0.6) is 0 Å². The van der Waals surface area contributed by atoms with Crippen LogP contribution in [0.4, 0.5) is 17.6 Å². The van der Waals surface area contributed by atoms with Gasteiger partial charge in [0.05, 0.1) is 24.9 Å². The summed E-state index contributed by atoms with van der Waals surface area (Å²) in [5, 5.41) is 0. The number of nitrogens with zero attached hydrogens (tertiary/aromatic N) is 1. The van der Waals surface area contributed by atoms with Gasteiger partial charge in [0.1, 0.15) is 5.82 Å². The highest BCUT2D eigenvalue weighted by Crippen LogP contribution is 2.30. The second-order valence-electron chi connectivity index (χ2n) is 5.03. The quantitative estimate of drug-likeness (QED) is 0.798. The molecule has 0 aromatic heterocycles. The molecule has 3 nitrogen and oxygen atoms in total. The molecule has 0 radical (unpaired) electrons. The van der Waals surface area contributed by atoms with Gasteiger partial charge in [-0.25, -0.2) is 4.39 Å². The topological polar surface area (TPSA) is 21.7 Å². The van der Waals surface area contributed by atoms with E-state index in [-0.39, 0.29) is 12.6 Å². The van der Waals surface area contributed by atoms with Gasteiger partial charge in [0, 0.05) is 26.7 Å². The van der Waals surface area contributed by atoms with Gasteiger partial charge in [0.15, 0.2) is 0 Å². The molecule has 0 spiro atoms. The molecule has 118 valence electrons. The molecule has 1 fully saturated rings. The molecule has 2 rings (SSSR count). The fourth-order valence-electron chi connectivity index (χ4n) is 2.37. The minimum Gasteiger partial charge on any atom is -0.382 e. The van der Waals surface area contributed by atoms with E-state index in [4.69, 9.17) is 9.47 Å². The van der Waals surface area contributed by atoms with Gasteiger partial charge in [-0.2, -0.15) is 13.2 Å². The van der Waals surface area contributed by atoms with Crippen molar-refractivity contribution in [3.05, 3.63) is 35.1 Å². The summed E-state index contributed by atoms with van der Waals surface area (Å²) in [6.07, 6.45) is -4.65. The van der Waals surface area contributed by atoms with Gasteiger partial charge in [-0.1, -0.05) is 0 Å². The zero-order valence-corrected chi connectivity index (χ0v) is 11.6. The molecule has 1 heterocycles. The predicted molar refractivity (Wildman–Crippen MR) is 68.3 cm³/mol. The van der Waals surface area contributed by atoms with Crippen LogP contribution in [0.3, 0.4) is 0 Å². The molecule has 1 saturated heterocycles. The Morgan fingerprint density at radius 1 is 1.33 bits per heavy atom. The Labute approximate surface area is 120 Å².